The lowest BCUT2D eigenvalue weighted by Gasteiger charge is -2.11. The molecule has 3 N–H and O–H groups in total. The molecule has 17 nitrogen and oxygen atoms in total. The van der Waals surface area contributed by atoms with E-state index in [9.17, 15) is 44.1 Å². The highest BCUT2D eigenvalue weighted by Crippen LogP contribution is 2.47. The Morgan fingerprint density at radius 3 is 0.952 bits per heavy atom. The van der Waals surface area contributed by atoms with E-state index in [-0.39, 0.29) is 52.2 Å². The molecule has 0 spiro atoms. The lowest BCUT2D eigenvalue weighted by atomic mass is 9.92. The number of rotatable bonds is 18. The van der Waals surface area contributed by atoms with E-state index in [2.05, 4.69) is 15.0 Å². The highest BCUT2D eigenvalue weighted by Gasteiger charge is 2.28. The van der Waals surface area contributed by atoms with E-state index in [1.807, 2.05) is 190 Å². The van der Waals surface area contributed by atoms with E-state index in [4.69, 9.17) is 23.0 Å². The smallest absolute Gasteiger partial charge is 0.299 e. The number of ketones is 3. The molecule has 15 rings (SSSR count). The Balaban J connectivity index is 0.000000140. The minimum absolute atomic E-state index is 0.0182. The third-order valence-electron chi connectivity index (χ3n) is 17.6. The number of oxazole rings is 2. The quantitative estimate of drug-likeness (QED) is 0.0533. The number of phenols is 3. The van der Waals surface area contributed by atoms with Crippen molar-refractivity contribution in [3.8, 4) is 102 Å². The van der Waals surface area contributed by atoms with Crippen LogP contribution in [0.1, 0.15) is 95.8 Å². The van der Waals surface area contributed by atoms with Gasteiger partial charge < -0.3 is 38.4 Å². The number of hydrogen-bond acceptors (Lipinski definition) is 21. The molecule has 6 heterocycles. The minimum Gasteiger partial charge on any atom is -0.508 e. The molecule has 9 aromatic carbocycles. The molecule has 0 fully saturated rings. The summed E-state index contributed by atoms with van der Waals surface area (Å²) in [7, 11) is 0. The van der Waals surface area contributed by atoms with Gasteiger partial charge in [0.25, 0.3) is 31.2 Å². The molecule has 0 aliphatic heterocycles. The molecular weight excluding hydrogens is 1400 g/mol. The molecular formula is C84H63N3O14S4. The number of benzene rings is 9. The third kappa shape index (κ3) is 14.6. The van der Waals surface area contributed by atoms with Gasteiger partial charge in [-0.15, -0.1) is 45.3 Å². The first-order valence-electron chi connectivity index (χ1n) is 32.7. The van der Waals surface area contributed by atoms with E-state index in [0.29, 0.717) is 68.1 Å². The van der Waals surface area contributed by atoms with Gasteiger partial charge in [-0.3, -0.25) is 28.8 Å². The van der Waals surface area contributed by atoms with Crippen LogP contribution in [-0.4, -0.2) is 67.0 Å². The van der Waals surface area contributed by atoms with Crippen LogP contribution in [0.3, 0.4) is 0 Å². The Morgan fingerprint density at radius 2 is 0.648 bits per heavy atom. The molecule has 0 aliphatic carbocycles. The van der Waals surface area contributed by atoms with Gasteiger partial charge in [-0.2, -0.15) is 9.97 Å². The third-order valence-corrected chi connectivity index (χ3v) is 21.9. The van der Waals surface area contributed by atoms with E-state index in [0.717, 1.165) is 130 Å². The number of hydrogen-bond donors (Lipinski definition) is 3. The minimum atomic E-state index is -0.0388. The number of carbonyl (C=O) groups is 6. The SMILES string of the molecule is Cc1cc(C)c(C(=O)c2sc3cc(O)ccc3c2-c2ccc(-c3nc(OC=O)co3)cc2)c(C)c1.Cc1cc(C)c(C(=O)c2sc3cc(O)ccc3c2-c2ccc(-c3nc(OC=O)co3)cc2)c(C)c1.Cc1cc(C)c(C(=O)c2sc3cc(O)ccc3c2-c2ccc(-c3nc(OC=O)cs3)cc2)c(C)c1. The summed E-state index contributed by atoms with van der Waals surface area (Å²) in [5.74, 6) is 1.44. The zero-order valence-electron chi connectivity index (χ0n) is 57.9. The summed E-state index contributed by atoms with van der Waals surface area (Å²) in [5.41, 5.74) is 18.5. The molecule has 522 valence electrons. The molecule has 21 heteroatoms. The predicted molar refractivity (Wildman–Crippen MR) is 411 cm³/mol. The molecule has 0 saturated heterocycles. The zero-order chi connectivity index (χ0) is 74.1. The average Bonchev–Trinajstić information content (AvgIpc) is 1.66. The van der Waals surface area contributed by atoms with Crippen molar-refractivity contribution >= 4 is 112 Å². The highest BCUT2D eigenvalue weighted by atomic mass is 32.1. The number of aromatic nitrogens is 3. The maximum absolute atomic E-state index is 13.9. The van der Waals surface area contributed by atoms with Crippen molar-refractivity contribution in [2.24, 2.45) is 0 Å². The van der Waals surface area contributed by atoms with Crippen molar-refractivity contribution in [1.82, 2.24) is 15.0 Å². The Hall–Kier alpha value is -12.3. The van der Waals surface area contributed by atoms with Crippen molar-refractivity contribution in [1.29, 1.82) is 0 Å². The Kier molecular flexibility index (Phi) is 20.3. The average molecular weight is 1470 g/mol. The lowest BCUT2D eigenvalue weighted by molar-refractivity contribution is -0.121. The largest absolute Gasteiger partial charge is 0.508 e. The zero-order valence-corrected chi connectivity index (χ0v) is 61.1. The van der Waals surface area contributed by atoms with Gasteiger partial charge in [0.1, 0.15) is 22.3 Å². The van der Waals surface area contributed by atoms with Crippen LogP contribution < -0.4 is 14.2 Å². The monoisotopic (exact) mass is 1470 g/mol. The van der Waals surface area contributed by atoms with Crippen LogP contribution in [0.5, 0.6) is 34.9 Å². The van der Waals surface area contributed by atoms with Crippen molar-refractivity contribution < 1.29 is 67.1 Å². The second-order valence-electron chi connectivity index (χ2n) is 25.1. The molecule has 6 aromatic heterocycles. The molecule has 15 aromatic rings. The van der Waals surface area contributed by atoms with E-state index < -0.39 is 0 Å². The van der Waals surface area contributed by atoms with Crippen LogP contribution in [0, 0.1) is 62.3 Å². The summed E-state index contributed by atoms with van der Waals surface area (Å²) >= 11 is 5.54. The number of fused-ring (bicyclic) bond motifs is 3. The standard InChI is InChI=1S/2C28H21NO5S.C28H21NO4S2/c2*1-15-10-16(2)24(17(3)11-15)26(32)27-25(21-9-8-20(31)12-22(21)35-27)18-4-6-19(7-5-18)28-29-23(13-33-28)34-14-30;1-15-10-16(2)24(17(3)11-15)26(32)27-25(21-9-8-20(31)12-22(21)35-27)18-4-6-19(7-5-18)28-29-23(13-34-28)33-14-30/h3*4-14,31H,1-3H3. The lowest BCUT2D eigenvalue weighted by Crippen LogP contribution is -2.06. The molecule has 0 radical (unpaired) electrons. The number of nitrogens with zero attached hydrogens (tertiary/aromatic N) is 3. The normalized spacial score (nSPS) is 11.1. The van der Waals surface area contributed by atoms with Crippen molar-refractivity contribution in [2.45, 2.75) is 62.3 Å². The fourth-order valence-corrected chi connectivity index (χ4v) is 17.7. The second kappa shape index (κ2) is 30.0. The van der Waals surface area contributed by atoms with Crippen LogP contribution in [0.25, 0.3) is 97.1 Å². The van der Waals surface area contributed by atoms with Crippen molar-refractivity contribution in [2.75, 3.05) is 0 Å². The van der Waals surface area contributed by atoms with Crippen LogP contribution in [0.4, 0.5) is 0 Å². The Bertz CT molecular complexity index is 5290. The van der Waals surface area contributed by atoms with Crippen LogP contribution in [0.2, 0.25) is 0 Å². The Morgan fingerprint density at radius 1 is 0.362 bits per heavy atom. The van der Waals surface area contributed by atoms with Gasteiger partial charge in [-0.25, -0.2) is 4.98 Å². The molecule has 105 heavy (non-hydrogen) atoms. The van der Waals surface area contributed by atoms with Gasteiger partial charge in [-0.1, -0.05) is 102 Å². The summed E-state index contributed by atoms with van der Waals surface area (Å²) in [6, 6.07) is 50.5. The maximum atomic E-state index is 13.9. The van der Waals surface area contributed by atoms with E-state index >= 15 is 0 Å². The Labute approximate surface area is 617 Å². The fourth-order valence-electron chi connectivity index (χ4n) is 13.4. The number of aromatic hydroxyl groups is 3. The van der Waals surface area contributed by atoms with Crippen LogP contribution in [0.15, 0.2) is 191 Å². The number of aryl methyl sites for hydroxylation is 9. The molecule has 0 saturated carbocycles. The first-order chi connectivity index (χ1) is 50.6. The van der Waals surface area contributed by atoms with Gasteiger partial charge in [0.15, 0.2) is 12.5 Å². The first-order valence-corrected chi connectivity index (χ1v) is 36.0. The summed E-state index contributed by atoms with van der Waals surface area (Å²) < 4.78 is 27.6. The molecule has 0 unspecified atom stereocenters. The highest BCUT2D eigenvalue weighted by molar-refractivity contribution is 7.22. The number of phenolic OH excluding ortho intramolecular Hbond substituents is 3. The van der Waals surface area contributed by atoms with Crippen molar-refractivity contribution in [3.05, 3.63) is 263 Å². The summed E-state index contributed by atoms with van der Waals surface area (Å²) in [4.78, 5) is 87.7. The van der Waals surface area contributed by atoms with Gasteiger partial charge in [0, 0.05) is 80.3 Å². The predicted octanol–water partition coefficient (Wildman–Crippen LogP) is 20.3. The fraction of sp³-hybridized carbons (Fsp3) is 0.107. The van der Waals surface area contributed by atoms with Gasteiger partial charge in [0.05, 0.1) is 20.0 Å². The number of ether oxygens (including phenoxy) is 3. The van der Waals surface area contributed by atoms with E-state index in [1.54, 1.807) is 41.8 Å². The molecule has 0 atom stereocenters. The van der Waals surface area contributed by atoms with Gasteiger partial charge in [-0.05, 0) is 191 Å². The molecule has 0 amide bonds. The summed E-state index contributed by atoms with van der Waals surface area (Å²) in [6.45, 7) is 18.8. The molecule has 0 aliphatic rings. The number of thiophene rings is 3. The van der Waals surface area contributed by atoms with Crippen LogP contribution in [-0.2, 0) is 14.4 Å². The van der Waals surface area contributed by atoms with E-state index in [1.165, 1.54) is 57.9 Å². The number of thiazole rings is 1. The topological polar surface area (TPSA) is 256 Å². The first kappa shape index (κ1) is 71.1. The van der Waals surface area contributed by atoms with Crippen LogP contribution >= 0.6 is 45.3 Å². The summed E-state index contributed by atoms with van der Waals surface area (Å²) in [6.07, 6.45) is 2.53. The number of carbonyl (C=O) groups excluding carboxylic acids is 6. The van der Waals surface area contributed by atoms with Gasteiger partial charge >= 0.3 is 0 Å². The van der Waals surface area contributed by atoms with Crippen molar-refractivity contribution in [3.63, 3.8) is 0 Å². The molecule has 0 bridgehead atoms. The maximum Gasteiger partial charge on any atom is 0.299 e. The van der Waals surface area contributed by atoms with Gasteiger partial charge in [0.2, 0.25) is 35.0 Å². The second-order valence-corrected chi connectivity index (χ2v) is 29.1. The summed E-state index contributed by atoms with van der Waals surface area (Å²) in [5, 5.41) is 35.3.